The second-order valence-electron chi connectivity index (χ2n) is 8.19. The van der Waals surface area contributed by atoms with Crippen molar-refractivity contribution < 1.29 is 13.2 Å². The summed E-state index contributed by atoms with van der Waals surface area (Å²) in [4.78, 5) is 15.2. The van der Waals surface area contributed by atoms with Gasteiger partial charge in [-0.05, 0) is 57.6 Å². The third kappa shape index (κ3) is 5.28. The number of nitrogens with zero attached hydrogens (tertiary/aromatic N) is 2. The monoisotopic (exact) mass is 429 g/mol. The highest BCUT2D eigenvalue weighted by atomic mass is 32.2. The number of carbonyl (C=O) groups excluding carboxylic acids is 1. The van der Waals surface area contributed by atoms with Crippen LogP contribution in [0, 0.1) is 0 Å². The summed E-state index contributed by atoms with van der Waals surface area (Å²) in [6.07, 6.45) is 2.78. The quantitative estimate of drug-likeness (QED) is 0.733. The van der Waals surface area contributed by atoms with Crippen LogP contribution < -0.4 is 5.32 Å². The molecule has 2 aromatic carbocycles. The van der Waals surface area contributed by atoms with Crippen LogP contribution in [0.15, 0.2) is 59.5 Å². The van der Waals surface area contributed by atoms with Crippen LogP contribution in [0.3, 0.4) is 0 Å². The summed E-state index contributed by atoms with van der Waals surface area (Å²) in [5.74, 6) is -0.283. The molecule has 1 aliphatic rings. The Morgan fingerprint density at radius 3 is 2.53 bits per heavy atom. The Balaban J connectivity index is 1.83. The lowest BCUT2D eigenvalue weighted by Crippen LogP contribution is -2.42. The standard InChI is InChI=1S/C23H31N3O3S/c1-18-10-7-8-15-26(18)30(28,29)21-14-9-13-20(16-21)23(27)24-22(17-25(2)3)19-11-5-4-6-12-19/h4-6,9,11-14,16,18,22H,7-8,10,15,17H2,1-3H3,(H,24,27)/t18-,22+/m1/s1. The number of amides is 1. The molecule has 0 unspecified atom stereocenters. The fourth-order valence-electron chi connectivity index (χ4n) is 3.89. The summed E-state index contributed by atoms with van der Waals surface area (Å²) in [7, 11) is 0.285. The topological polar surface area (TPSA) is 69.7 Å². The van der Waals surface area contributed by atoms with Gasteiger partial charge in [0.2, 0.25) is 10.0 Å². The first-order valence-corrected chi connectivity index (χ1v) is 11.9. The predicted molar refractivity (Wildman–Crippen MR) is 119 cm³/mol. The number of sulfonamides is 1. The Morgan fingerprint density at radius 1 is 1.13 bits per heavy atom. The molecule has 0 saturated carbocycles. The van der Waals surface area contributed by atoms with Crippen molar-refractivity contribution in [3.63, 3.8) is 0 Å². The number of carbonyl (C=O) groups is 1. The van der Waals surface area contributed by atoms with Crippen LogP contribution in [-0.2, 0) is 10.0 Å². The second kappa shape index (κ2) is 9.73. The van der Waals surface area contributed by atoms with Gasteiger partial charge in [0, 0.05) is 24.7 Å². The third-order valence-electron chi connectivity index (χ3n) is 5.50. The van der Waals surface area contributed by atoms with Gasteiger partial charge in [0.15, 0.2) is 0 Å². The van der Waals surface area contributed by atoms with Crippen LogP contribution in [0.1, 0.15) is 48.1 Å². The summed E-state index contributed by atoms with van der Waals surface area (Å²) >= 11 is 0. The van der Waals surface area contributed by atoms with Gasteiger partial charge in [0.1, 0.15) is 0 Å². The zero-order valence-corrected chi connectivity index (χ0v) is 18.7. The number of rotatable bonds is 7. The Labute approximate surface area is 179 Å². The van der Waals surface area contributed by atoms with Crippen LogP contribution in [0.25, 0.3) is 0 Å². The molecular formula is C23H31N3O3S. The summed E-state index contributed by atoms with van der Waals surface area (Å²) in [5, 5.41) is 3.06. The summed E-state index contributed by atoms with van der Waals surface area (Å²) in [5.41, 5.74) is 1.35. The van der Waals surface area contributed by atoms with E-state index in [4.69, 9.17) is 0 Å². The van der Waals surface area contributed by atoms with Gasteiger partial charge in [0.25, 0.3) is 5.91 Å². The van der Waals surface area contributed by atoms with E-state index in [1.54, 1.807) is 22.5 Å². The fraction of sp³-hybridized carbons (Fsp3) is 0.435. The molecule has 7 heteroatoms. The van der Waals surface area contributed by atoms with Crippen molar-refractivity contribution in [3.05, 3.63) is 65.7 Å². The first-order chi connectivity index (χ1) is 14.3. The fourth-order valence-corrected chi connectivity index (χ4v) is 5.63. The Morgan fingerprint density at radius 2 is 1.87 bits per heavy atom. The normalized spacial score (nSPS) is 18.9. The van der Waals surface area contributed by atoms with E-state index in [1.807, 2.05) is 56.3 Å². The molecule has 1 heterocycles. The smallest absolute Gasteiger partial charge is 0.251 e. The van der Waals surface area contributed by atoms with Gasteiger partial charge in [0.05, 0.1) is 10.9 Å². The molecule has 162 valence electrons. The number of benzene rings is 2. The van der Waals surface area contributed by atoms with Crippen molar-refractivity contribution in [2.45, 2.75) is 43.2 Å². The molecule has 1 N–H and O–H groups in total. The average Bonchev–Trinajstić information content (AvgIpc) is 2.74. The average molecular weight is 430 g/mol. The van der Waals surface area contributed by atoms with Gasteiger partial charge in [-0.3, -0.25) is 4.79 Å². The summed E-state index contributed by atoms with van der Waals surface area (Å²) < 4.78 is 27.9. The highest BCUT2D eigenvalue weighted by Crippen LogP contribution is 2.25. The maximum Gasteiger partial charge on any atom is 0.251 e. The summed E-state index contributed by atoms with van der Waals surface area (Å²) in [6.45, 7) is 3.11. The molecule has 2 aromatic rings. The number of piperidine rings is 1. The SMILES string of the molecule is C[C@@H]1CCCCN1S(=O)(=O)c1cccc(C(=O)N[C@@H](CN(C)C)c2ccccc2)c1. The maximum absolute atomic E-state index is 13.1. The van der Waals surface area contributed by atoms with Gasteiger partial charge in [-0.2, -0.15) is 4.31 Å². The van der Waals surface area contributed by atoms with Crippen LogP contribution in [0.2, 0.25) is 0 Å². The van der Waals surface area contributed by atoms with Gasteiger partial charge in [-0.15, -0.1) is 0 Å². The molecule has 0 spiro atoms. The molecule has 2 atom stereocenters. The van der Waals surface area contributed by atoms with Crippen molar-refractivity contribution in [1.82, 2.24) is 14.5 Å². The zero-order chi connectivity index (χ0) is 21.7. The van der Waals surface area contributed by atoms with Crippen LogP contribution in [0.5, 0.6) is 0 Å². The lowest BCUT2D eigenvalue weighted by molar-refractivity contribution is 0.0929. The van der Waals surface area contributed by atoms with Crippen LogP contribution in [-0.4, -0.2) is 56.8 Å². The van der Waals surface area contributed by atoms with E-state index in [2.05, 4.69) is 5.32 Å². The van der Waals surface area contributed by atoms with Gasteiger partial charge < -0.3 is 10.2 Å². The molecule has 0 aliphatic carbocycles. The molecule has 1 amide bonds. The number of nitrogens with one attached hydrogen (secondary N) is 1. The molecule has 6 nitrogen and oxygen atoms in total. The molecule has 1 fully saturated rings. The van der Waals surface area contributed by atoms with Crippen molar-refractivity contribution in [2.24, 2.45) is 0 Å². The Bertz CT molecular complexity index is 961. The maximum atomic E-state index is 13.1. The molecule has 1 aliphatic heterocycles. The second-order valence-corrected chi connectivity index (χ2v) is 10.1. The van der Waals surface area contributed by atoms with Crippen LogP contribution >= 0.6 is 0 Å². The van der Waals surface area contributed by atoms with Gasteiger partial charge >= 0.3 is 0 Å². The van der Waals surface area contributed by atoms with Crippen molar-refractivity contribution in [2.75, 3.05) is 27.2 Å². The first-order valence-electron chi connectivity index (χ1n) is 10.4. The molecule has 3 rings (SSSR count). The molecule has 0 radical (unpaired) electrons. The van der Waals surface area contributed by atoms with E-state index in [0.29, 0.717) is 18.7 Å². The predicted octanol–water partition coefficient (Wildman–Crippen LogP) is 3.28. The zero-order valence-electron chi connectivity index (χ0n) is 17.9. The van der Waals surface area contributed by atoms with Crippen molar-refractivity contribution in [1.29, 1.82) is 0 Å². The Hall–Kier alpha value is -2.22. The van der Waals surface area contributed by atoms with E-state index in [1.165, 1.54) is 6.07 Å². The van der Waals surface area contributed by atoms with E-state index < -0.39 is 10.0 Å². The minimum Gasteiger partial charge on any atom is -0.344 e. The minimum atomic E-state index is -3.62. The number of likely N-dealkylation sites (N-methyl/N-ethyl adjacent to an activating group) is 1. The molecule has 30 heavy (non-hydrogen) atoms. The third-order valence-corrected chi connectivity index (χ3v) is 7.51. The lowest BCUT2D eigenvalue weighted by Gasteiger charge is -2.32. The highest BCUT2D eigenvalue weighted by molar-refractivity contribution is 7.89. The molecule has 0 aromatic heterocycles. The highest BCUT2D eigenvalue weighted by Gasteiger charge is 2.31. The molecule has 1 saturated heterocycles. The van der Waals surface area contributed by atoms with Gasteiger partial charge in [-0.1, -0.05) is 42.8 Å². The largest absolute Gasteiger partial charge is 0.344 e. The van der Waals surface area contributed by atoms with E-state index in [9.17, 15) is 13.2 Å². The minimum absolute atomic E-state index is 0.0243. The van der Waals surface area contributed by atoms with Crippen molar-refractivity contribution >= 4 is 15.9 Å². The van der Waals surface area contributed by atoms with E-state index in [0.717, 1.165) is 24.8 Å². The summed E-state index contributed by atoms with van der Waals surface area (Å²) in [6, 6.07) is 15.9. The lowest BCUT2D eigenvalue weighted by atomic mass is 10.1. The Kier molecular flexibility index (Phi) is 7.28. The van der Waals surface area contributed by atoms with Gasteiger partial charge in [-0.25, -0.2) is 8.42 Å². The molecule has 0 bridgehead atoms. The number of hydrogen-bond donors (Lipinski definition) is 1. The van der Waals surface area contributed by atoms with E-state index >= 15 is 0 Å². The first kappa shape index (κ1) is 22.5. The van der Waals surface area contributed by atoms with E-state index in [-0.39, 0.29) is 22.9 Å². The van der Waals surface area contributed by atoms with Crippen molar-refractivity contribution in [3.8, 4) is 0 Å². The van der Waals surface area contributed by atoms with Crippen LogP contribution in [0.4, 0.5) is 0 Å². The number of hydrogen-bond acceptors (Lipinski definition) is 4. The molecular weight excluding hydrogens is 398 g/mol.